The van der Waals surface area contributed by atoms with Crippen LogP contribution in [0.25, 0.3) is 0 Å². The number of thiazole rings is 1. The molecule has 1 unspecified atom stereocenters. The maximum absolute atomic E-state index is 6.36. The van der Waals surface area contributed by atoms with Gasteiger partial charge in [-0.15, -0.1) is 11.3 Å². The first-order valence-corrected chi connectivity index (χ1v) is 8.21. The Morgan fingerprint density at radius 3 is 2.65 bits per heavy atom. The third-order valence-corrected chi connectivity index (χ3v) is 4.41. The van der Waals surface area contributed by atoms with Gasteiger partial charge in [0.1, 0.15) is 0 Å². The molecule has 2 aromatic rings. The van der Waals surface area contributed by atoms with Gasteiger partial charge in [-0.2, -0.15) is 0 Å². The third-order valence-electron chi connectivity index (χ3n) is 3.24. The Kier molecular flexibility index (Phi) is 5.58. The Labute approximate surface area is 130 Å². The lowest BCUT2D eigenvalue weighted by Gasteiger charge is -2.20. The van der Waals surface area contributed by atoms with Gasteiger partial charge in [0.15, 0.2) is 0 Å². The van der Waals surface area contributed by atoms with Crippen molar-refractivity contribution in [2.45, 2.75) is 39.2 Å². The van der Waals surface area contributed by atoms with Crippen molar-refractivity contribution in [3.05, 3.63) is 50.9 Å². The summed E-state index contributed by atoms with van der Waals surface area (Å²) in [7, 11) is 0. The SMILES string of the molecule is Cc1nc(CC(CNC(C)C)c2ccccc2Cl)cs1. The van der Waals surface area contributed by atoms with Gasteiger partial charge in [-0.3, -0.25) is 0 Å². The van der Waals surface area contributed by atoms with E-state index in [0.717, 1.165) is 28.7 Å². The summed E-state index contributed by atoms with van der Waals surface area (Å²) < 4.78 is 0. The first-order valence-electron chi connectivity index (χ1n) is 6.95. The number of nitrogens with one attached hydrogen (secondary N) is 1. The zero-order valence-corrected chi connectivity index (χ0v) is 13.8. The standard InChI is InChI=1S/C16H21ClN2S/c1-11(2)18-9-13(8-14-10-20-12(3)19-14)15-6-4-5-7-16(15)17/h4-7,10-11,13,18H,8-9H2,1-3H3. The summed E-state index contributed by atoms with van der Waals surface area (Å²) >= 11 is 8.07. The van der Waals surface area contributed by atoms with Crippen LogP contribution in [-0.2, 0) is 6.42 Å². The van der Waals surface area contributed by atoms with Gasteiger partial charge in [0, 0.05) is 28.9 Å². The molecule has 0 aliphatic heterocycles. The van der Waals surface area contributed by atoms with E-state index in [1.807, 2.05) is 19.1 Å². The van der Waals surface area contributed by atoms with E-state index >= 15 is 0 Å². The smallest absolute Gasteiger partial charge is 0.0897 e. The minimum absolute atomic E-state index is 0.354. The van der Waals surface area contributed by atoms with Crippen LogP contribution in [-0.4, -0.2) is 17.6 Å². The van der Waals surface area contributed by atoms with E-state index < -0.39 is 0 Å². The monoisotopic (exact) mass is 308 g/mol. The summed E-state index contributed by atoms with van der Waals surface area (Å²) in [5.41, 5.74) is 2.36. The van der Waals surface area contributed by atoms with E-state index in [1.165, 1.54) is 5.56 Å². The largest absolute Gasteiger partial charge is 0.314 e. The van der Waals surface area contributed by atoms with Crippen LogP contribution in [0.5, 0.6) is 0 Å². The number of hydrogen-bond acceptors (Lipinski definition) is 3. The molecule has 1 heterocycles. The molecule has 0 saturated heterocycles. The third kappa shape index (κ3) is 4.30. The van der Waals surface area contributed by atoms with Crippen molar-refractivity contribution in [2.75, 3.05) is 6.54 Å². The average Bonchev–Trinajstić information content (AvgIpc) is 2.81. The molecule has 0 fully saturated rings. The molecule has 108 valence electrons. The van der Waals surface area contributed by atoms with Crippen LogP contribution in [0.3, 0.4) is 0 Å². The van der Waals surface area contributed by atoms with E-state index in [4.69, 9.17) is 11.6 Å². The molecule has 0 amide bonds. The second-order valence-electron chi connectivity index (χ2n) is 5.34. The second-order valence-corrected chi connectivity index (χ2v) is 6.81. The molecule has 20 heavy (non-hydrogen) atoms. The average molecular weight is 309 g/mol. The molecule has 1 aromatic heterocycles. The van der Waals surface area contributed by atoms with E-state index in [1.54, 1.807) is 11.3 Å². The summed E-state index contributed by atoms with van der Waals surface area (Å²) in [6.45, 7) is 7.29. The predicted octanol–water partition coefficient (Wildman–Crippen LogP) is 4.43. The van der Waals surface area contributed by atoms with Crippen LogP contribution in [0.15, 0.2) is 29.6 Å². The topological polar surface area (TPSA) is 24.9 Å². The van der Waals surface area contributed by atoms with Crippen molar-refractivity contribution >= 4 is 22.9 Å². The molecule has 0 spiro atoms. The zero-order chi connectivity index (χ0) is 14.5. The van der Waals surface area contributed by atoms with Gasteiger partial charge in [-0.05, 0) is 25.0 Å². The van der Waals surface area contributed by atoms with Crippen LogP contribution in [0.2, 0.25) is 5.02 Å². The summed E-state index contributed by atoms with van der Waals surface area (Å²) in [6, 6.07) is 8.58. The van der Waals surface area contributed by atoms with Crippen molar-refractivity contribution in [1.82, 2.24) is 10.3 Å². The molecule has 0 saturated carbocycles. The Bertz CT molecular complexity index is 551. The van der Waals surface area contributed by atoms with Crippen molar-refractivity contribution < 1.29 is 0 Å². The van der Waals surface area contributed by atoms with Gasteiger partial charge in [-0.25, -0.2) is 4.98 Å². The molecule has 2 rings (SSSR count). The molecule has 2 nitrogen and oxygen atoms in total. The highest BCUT2D eigenvalue weighted by Gasteiger charge is 2.17. The molecule has 0 radical (unpaired) electrons. The molecule has 1 N–H and O–H groups in total. The van der Waals surface area contributed by atoms with Gasteiger partial charge in [-0.1, -0.05) is 43.6 Å². The maximum atomic E-state index is 6.36. The predicted molar refractivity (Wildman–Crippen MR) is 87.9 cm³/mol. The van der Waals surface area contributed by atoms with Crippen molar-refractivity contribution in [3.8, 4) is 0 Å². The first-order chi connectivity index (χ1) is 9.56. The second kappa shape index (κ2) is 7.21. The molecule has 0 aliphatic carbocycles. The quantitative estimate of drug-likeness (QED) is 0.854. The molecular formula is C16H21ClN2S. The van der Waals surface area contributed by atoms with E-state index in [0.29, 0.717) is 12.0 Å². The van der Waals surface area contributed by atoms with E-state index in [-0.39, 0.29) is 0 Å². The van der Waals surface area contributed by atoms with Crippen LogP contribution in [0.4, 0.5) is 0 Å². The fraction of sp³-hybridized carbons (Fsp3) is 0.438. The summed E-state index contributed by atoms with van der Waals surface area (Å²) in [6.07, 6.45) is 0.924. The lowest BCUT2D eigenvalue weighted by atomic mass is 9.94. The summed E-state index contributed by atoms with van der Waals surface area (Å²) in [5.74, 6) is 0.354. The number of rotatable bonds is 6. The molecular weight excluding hydrogens is 288 g/mol. The van der Waals surface area contributed by atoms with Gasteiger partial charge in [0.2, 0.25) is 0 Å². The number of hydrogen-bond donors (Lipinski definition) is 1. The van der Waals surface area contributed by atoms with Crippen LogP contribution < -0.4 is 5.32 Å². The minimum atomic E-state index is 0.354. The molecule has 0 aliphatic rings. The van der Waals surface area contributed by atoms with Crippen molar-refractivity contribution in [1.29, 1.82) is 0 Å². The number of nitrogens with zero attached hydrogens (tertiary/aromatic N) is 1. The van der Waals surface area contributed by atoms with E-state index in [2.05, 4.69) is 41.7 Å². The lowest BCUT2D eigenvalue weighted by molar-refractivity contribution is 0.524. The number of benzene rings is 1. The Balaban J connectivity index is 2.18. The Hall–Kier alpha value is -0.900. The summed E-state index contributed by atoms with van der Waals surface area (Å²) in [5, 5.41) is 7.63. The van der Waals surface area contributed by atoms with Gasteiger partial charge in [0.05, 0.1) is 10.7 Å². The number of aryl methyl sites for hydroxylation is 1. The van der Waals surface area contributed by atoms with Gasteiger partial charge < -0.3 is 5.32 Å². The van der Waals surface area contributed by atoms with Crippen LogP contribution in [0, 0.1) is 6.92 Å². The number of halogens is 1. The van der Waals surface area contributed by atoms with Crippen molar-refractivity contribution in [3.63, 3.8) is 0 Å². The van der Waals surface area contributed by atoms with Gasteiger partial charge in [0.25, 0.3) is 0 Å². The van der Waals surface area contributed by atoms with E-state index in [9.17, 15) is 0 Å². The fourth-order valence-electron chi connectivity index (χ4n) is 2.23. The first kappa shape index (κ1) is 15.5. The van der Waals surface area contributed by atoms with Crippen molar-refractivity contribution in [2.24, 2.45) is 0 Å². The maximum Gasteiger partial charge on any atom is 0.0897 e. The van der Waals surface area contributed by atoms with Crippen LogP contribution >= 0.6 is 22.9 Å². The molecule has 0 bridgehead atoms. The highest BCUT2D eigenvalue weighted by Crippen LogP contribution is 2.27. The zero-order valence-electron chi connectivity index (χ0n) is 12.2. The summed E-state index contributed by atoms with van der Waals surface area (Å²) in [4.78, 5) is 4.58. The number of aromatic nitrogens is 1. The van der Waals surface area contributed by atoms with Gasteiger partial charge >= 0.3 is 0 Å². The highest BCUT2D eigenvalue weighted by atomic mass is 35.5. The lowest BCUT2D eigenvalue weighted by Crippen LogP contribution is -2.29. The Morgan fingerprint density at radius 1 is 1.30 bits per heavy atom. The minimum Gasteiger partial charge on any atom is -0.314 e. The van der Waals surface area contributed by atoms with Crippen LogP contribution in [0.1, 0.15) is 36.0 Å². The molecule has 1 atom stereocenters. The molecule has 4 heteroatoms. The fourth-order valence-corrected chi connectivity index (χ4v) is 3.15. The Morgan fingerprint density at radius 2 is 2.05 bits per heavy atom. The molecule has 1 aromatic carbocycles. The normalized spacial score (nSPS) is 12.8. The highest BCUT2D eigenvalue weighted by molar-refractivity contribution is 7.09.